The van der Waals surface area contributed by atoms with Crippen LogP contribution in [0.15, 0.2) is 78.2 Å². The normalized spacial score (nSPS) is 10.6. The summed E-state index contributed by atoms with van der Waals surface area (Å²) in [5, 5.41) is 3.96. The summed E-state index contributed by atoms with van der Waals surface area (Å²) in [6, 6.07) is 18.6. The lowest BCUT2D eigenvalue weighted by Gasteiger charge is -2.06. The molecule has 0 aliphatic rings. The maximum absolute atomic E-state index is 11.8. The summed E-state index contributed by atoms with van der Waals surface area (Å²) in [7, 11) is 0. The molecule has 0 saturated heterocycles. The molecule has 0 fully saturated rings. The van der Waals surface area contributed by atoms with E-state index >= 15 is 0 Å². The van der Waals surface area contributed by atoms with Crippen molar-refractivity contribution < 1.29 is 9.53 Å². The predicted octanol–water partition coefficient (Wildman–Crippen LogP) is 3.95. The van der Waals surface area contributed by atoms with Crippen LogP contribution in [0.3, 0.4) is 0 Å². The van der Waals surface area contributed by atoms with Crippen molar-refractivity contribution in [1.82, 2.24) is 10.4 Å². The summed E-state index contributed by atoms with van der Waals surface area (Å²) in [6.45, 7) is 2.03. The fraction of sp³-hybridized carbons (Fsp3) is 0.0500. The second kappa shape index (κ2) is 7.88. The lowest BCUT2D eigenvalue weighted by molar-refractivity contribution is 0.0955. The molecule has 25 heavy (non-hydrogen) atoms. The molecule has 1 aromatic heterocycles. The van der Waals surface area contributed by atoms with Gasteiger partial charge >= 0.3 is 0 Å². The minimum absolute atomic E-state index is 0.280. The van der Waals surface area contributed by atoms with Crippen LogP contribution in [0.4, 0.5) is 0 Å². The zero-order valence-corrected chi connectivity index (χ0v) is 13.7. The van der Waals surface area contributed by atoms with Crippen molar-refractivity contribution in [2.75, 3.05) is 0 Å². The minimum Gasteiger partial charge on any atom is -0.457 e. The lowest BCUT2D eigenvalue weighted by Crippen LogP contribution is -2.17. The quantitative estimate of drug-likeness (QED) is 0.569. The van der Waals surface area contributed by atoms with Crippen LogP contribution in [0.5, 0.6) is 11.5 Å². The van der Waals surface area contributed by atoms with Gasteiger partial charge in [-0.2, -0.15) is 5.10 Å². The molecule has 0 saturated carbocycles. The van der Waals surface area contributed by atoms with Gasteiger partial charge < -0.3 is 4.74 Å². The SMILES string of the molecule is Cc1ccc(Oc2ccc(/C=N\NC(=O)c3ccncc3)cc2)cc1. The number of hydrogen-bond donors (Lipinski definition) is 1. The Kier molecular flexibility index (Phi) is 5.16. The van der Waals surface area contributed by atoms with E-state index < -0.39 is 0 Å². The minimum atomic E-state index is -0.280. The van der Waals surface area contributed by atoms with Crippen molar-refractivity contribution >= 4 is 12.1 Å². The number of ether oxygens (including phenoxy) is 1. The summed E-state index contributed by atoms with van der Waals surface area (Å²) in [4.78, 5) is 15.7. The molecular weight excluding hydrogens is 314 g/mol. The first kappa shape index (κ1) is 16.4. The number of nitrogens with one attached hydrogen (secondary N) is 1. The topological polar surface area (TPSA) is 63.6 Å². The number of rotatable bonds is 5. The van der Waals surface area contributed by atoms with Gasteiger partial charge in [-0.15, -0.1) is 0 Å². The largest absolute Gasteiger partial charge is 0.457 e. The molecule has 124 valence electrons. The van der Waals surface area contributed by atoms with Crippen molar-refractivity contribution in [2.45, 2.75) is 6.92 Å². The first-order chi connectivity index (χ1) is 12.2. The fourth-order valence-electron chi connectivity index (χ4n) is 2.10. The standard InChI is InChI=1S/C20H17N3O2/c1-15-2-6-18(7-3-15)25-19-8-4-16(5-9-19)14-22-23-20(24)17-10-12-21-13-11-17/h2-14H,1H3,(H,23,24)/b22-14-. The van der Waals surface area contributed by atoms with Crippen molar-refractivity contribution in [3.05, 3.63) is 89.7 Å². The Labute approximate surface area is 146 Å². The van der Waals surface area contributed by atoms with Gasteiger partial charge in [0.2, 0.25) is 0 Å². The molecule has 5 heteroatoms. The second-order valence-corrected chi connectivity index (χ2v) is 5.42. The Morgan fingerprint density at radius 2 is 1.56 bits per heavy atom. The second-order valence-electron chi connectivity index (χ2n) is 5.42. The Morgan fingerprint density at radius 3 is 2.20 bits per heavy atom. The number of nitrogens with zero attached hydrogens (tertiary/aromatic N) is 2. The zero-order valence-electron chi connectivity index (χ0n) is 13.7. The van der Waals surface area contributed by atoms with Crippen LogP contribution in [-0.2, 0) is 0 Å². The van der Waals surface area contributed by atoms with Crippen LogP contribution in [0, 0.1) is 6.92 Å². The van der Waals surface area contributed by atoms with Gasteiger partial charge in [-0.05, 0) is 61.0 Å². The molecule has 0 atom stereocenters. The van der Waals surface area contributed by atoms with E-state index in [2.05, 4.69) is 15.5 Å². The Bertz CT molecular complexity index is 858. The van der Waals surface area contributed by atoms with Crippen LogP contribution in [-0.4, -0.2) is 17.1 Å². The maximum atomic E-state index is 11.8. The highest BCUT2D eigenvalue weighted by atomic mass is 16.5. The van der Waals surface area contributed by atoms with Crippen molar-refractivity contribution in [3.8, 4) is 11.5 Å². The monoisotopic (exact) mass is 331 g/mol. The lowest BCUT2D eigenvalue weighted by atomic mass is 10.2. The number of hydrazone groups is 1. The molecule has 1 amide bonds. The van der Waals surface area contributed by atoms with E-state index in [-0.39, 0.29) is 5.91 Å². The molecule has 5 nitrogen and oxygen atoms in total. The van der Waals surface area contributed by atoms with Crippen LogP contribution in [0.25, 0.3) is 0 Å². The van der Waals surface area contributed by atoms with Crippen molar-refractivity contribution in [2.24, 2.45) is 5.10 Å². The van der Waals surface area contributed by atoms with E-state index in [1.165, 1.54) is 5.56 Å². The summed E-state index contributed by atoms with van der Waals surface area (Å²) < 4.78 is 5.77. The Morgan fingerprint density at radius 1 is 0.960 bits per heavy atom. The molecule has 0 bridgehead atoms. The average molecular weight is 331 g/mol. The van der Waals surface area contributed by atoms with E-state index in [1.54, 1.807) is 30.7 Å². The van der Waals surface area contributed by atoms with Crippen molar-refractivity contribution in [1.29, 1.82) is 0 Å². The van der Waals surface area contributed by atoms with E-state index in [0.717, 1.165) is 17.1 Å². The predicted molar refractivity (Wildman–Crippen MR) is 97.0 cm³/mol. The Hall–Kier alpha value is -3.47. The van der Waals surface area contributed by atoms with Crippen LogP contribution in [0.1, 0.15) is 21.5 Å². The molecule has 3 rings (SSSR count). The summed E-state index contributed by atoms with van der Waals surface area (Å²) in [5.41, 5.74) is 5.03. The summed E-state index contributed by atoms with van der Waals surface area (Å²) in [5.74, 6) is 1.25. The van der Waals surface area contributed by atoms with Crippen LogP contribution >= 0.6 is 0 Å². The van der Waals surface area contributed by atoms with Gasteiger partial charge in [0.1, 0.15) is 11.5 Å². The molecular formula is C20H17N3O2. The number of aryl methyl sites for hydroxylation is 1. The molecule has 0 spiro atoms. The molecule has 0 aliphatic heterocycles. The number of hydrogen-bond acceptors (Lipinski definition) is 4. The first-order valence-corrected chi connectivity index (χ1v) is 7.79. The number of carbonyl (C=O) groups excluding carboxylic acids is 1. The van der Waals surface area contributed by atoms with Gasteiger partial charge in [0.15, 0.2) is 0 Å². The van der Waals surface area contributed by atoms with E-state index in [1.807, 2.05) is 55.5 Å². The number of amides is 1. The molecule has 1 N–H and O–H groups in total. The fourth-order valence-corrected chi connectivity index (χ4v) is 2.10. The summed E-state index contributed by atoms with van der Waals surface area (Å²) in [6.07, 6.45) is 4.70. The van der Waals surface area contributed by atoms with Crippen LogP contribution < -0.4 is 10.2 Å². The molecule has 0 aliphatic carbocycles. The first-order valence-electron chi connectivity index (χ1n) is 7.79. The molecule has 3 aromatic rings. The van der Waals surface area contributed by atoms with E-state index in [0.29, 0.717) is 5.56 Å². The molecule has 1 heterocycles. The molecule has 0 unspecified atom stereocenters. The maximum Gasteiger partial charge on any atom is 0.271 e. The van der Waals surface area contributed by atoms with Gasteiger partial charge in [0.05, 0.1) is 6.21 Å². The summed E-state index contributed by atoms with van der Waals surface area (Å²) >= 11 is 0. The highest BCUT2D eigenvalue weighted by Crippen LogP contribution is 2.21. The molecule has 0 radical (unpaired) electrons. The van der Waals surface area contributed by atoms with Gasteiger partial charge in [-0.3, -0.25) is 9.78 Å². The Balaban J connectivity index is 1.57. The third-order valence-electron chi connectivity index (χ3n) is 3.46. The van der Waals surface area contributed by atoms with E-state index in [4.69, 9.17) is 4.74 Å². The van der Waals surface area contributed by atoms with Gasteiger partial charge in [0, 0.05) is 18.0 Å². The highest BCUT2D eigenvalue weighted by molar-refractivity contribution is 5.94. The number of pyridine rings is 1. The van der Waals surface area contributed by atoms with Crippen molar-refractivity contribution in [3.63, 3.8) is 0 Å². The number of aromatic nitrogens is 1. The smallest absolute Gasteiger partial charge is 0.271 e. The zero-order chi connectivity index (χ0) is 17.5. The molecule has 2 aromatic carbocycles. The number of benzene rings is 2. The van der Waals surface area contributed by atoms with Gasteiger partial charge in [-0.25, -0.2) is 5.43 Å². The average Bonchev–Trinajstić information content (AvgIpc) is 2.66. The van der Waals surface area contributed by atoms with Gasteiger partial charge in [-0.1, -0.05) is 17.7 Å². The van der Waals surface area contributed by atoms with Gasteiger partial charge in [0.25, 0.3) is 5.91 Å². The van der Waals surface area contributed by atoms with E-state index in [9.17, 15) is 4.79 Å². The third-order valence-corrected chi connectivity index (χ3v) is 3.46. The van der Waals surface area contributed by atoms with Crippen LogP contribution in [0.2, 0.25) is 0 Å². The third kappa shape index (κ3) is 4.75. The highest BCUT2D eigenvalue weighted by Gasteiger charge is 2.02. The number of carbonyl (C=O) groups is 1.